The van der Waals surface area contributed by atoms with Crippen LogP contribution in [-0.2, 0) is 0 Å². The van der Waals surface area contributed by atoms with Crippen LogP contribution in [0.25, 0.3) is 0 Å². The molecule has 0 aromatic carbocycles. The van der Waals surface area contributed by atoms with E-state index in [0.29, 0.717) is 0 Å². The van der Waals surface area contributed by atoms with Gasteiger partial charge in [0, 0.05) is 11.7 Å². The Balaban J connectivity index is 3.08. The molecule has 0 amide bonds. The maximum atomic E-state index is 5.66. The molecule has 1 rings (SSSR count). The quantitative estimate of drug-likeness (QED) is 0.654. The van der Waals surface area contributed by atoms with Gasteiger partial charge in [0.15, 0.2) is 0 Å². The van der Waals surface area contributed by atoms with Crippen molar-refractivity contribution < 1.29 is 0 Å². The van der Waals surface area contributed by atoms with E-state index >= 15 is 0 Å². The molecule has 0 radical (unpaired) electrons. The predicted octanol–water partition coefficient (Wildman–Crippen LogP) is 1.11. The van der Waals surface area contributed by atoms with E-state index in [2.05, 4.69) is 9.97 Å². The van der Waals surface area contributed by atoms with Crippen LogP contribution in [-0.4, -0.2) is 9.97 Å². The number of rotatable bonds is 1. The van der Waals surface area contributed by atoms with E-state index in [9.17, 15) is 0 Å². The molecule has 1 heterocycles. The van der Waals surface area contributed by atoms with Crippen molar-refractivity contribution in [3.63, 3.8) is 0 Å². The first-order chi connectivity index (χ1) is 5.09. The number of hydrogen-bond donors (Lipinski definition) is 1. The van der Waals surface area contributed by atoms with Crippen LogP contribution in [0.4, 0.5) is 0 Å². The molecule has 0 spiro atoms. The molecule has 0 fully saturated rings. The van der Waals surface area contributed by atoms with Crippen LogP contribution in [0, 0.1) is 13.8 Å². The van der Waals surface area contributed by atoms with Gasteiger partial charge in [-0.1, -0.05) is 0 Å². The Bertz CT molecular complexity index is 235. The van der Waals surface area contributed by atoms with E-state index in [1.54, 1.807) is 0 Å². The Labute approximate surface area is 66.7 Å². The summed E-state index contributed by atoms with van der Waals surface area (Å²) in [6.45, 7) is 5.74. The van der Waals surface area contributed by atoms with Crippen molar-refractivity contribution in [3.05, 3.63) is 23.3 Å². The van der Waals surface area contributed by atoms with E-state index in [4.69, 9.17) is 5.73 Å². The van der Waals surface area contributed by atoms with Gasteiger partial charge in [0.1, 0.15) is 5.82 Å². The highest BCUT2D eigenvalue weighted by Crippen LogP contribution is 2.06. The first-order valence-corrected chi connectivity index (χ1v) is 3.67. The first kappa shape index (κ1) is 8.14. The second kappa shape index (κ2) is 2.96. The summed E-state index contributed by atoms with van der Waals surface area (Å²) in [7, 11) is 0. The zero-order valence-electron chi connectivity index (χ0n) is 7.13. The summed E-state index contributed by atoms with van der Waals surface area (Å²) in [5, 5.41) is 0. The van der Waals surface area contributed by atoms with Gasteiger partial charge < -0.3 is 5.73 Å². The minimum atomic E-state index is -0.00426. The lowest BCUT2D eigenvalue weighted by Gasteiger charge is -2.05. The van der Waals surface area contributed by atoms with E-state index < -0.39 is 0 Å². The third-order valence-corrected chi connectivity index (χ3v) is 1.45. The van der Waals surface area contributed by atoms with Gasteiger partial charge in [-0.15, -0.1) is 0 Å². The van der Waals surface area contributed by atoms with Crippen LogP contribution in [0.1, 0.15) is 30.2 Å². The van der Waals surface area contributed by atoms with Crippen LogP contribution >= 0.6 is 0 Å². The molecule has 0 aliphatic carbocycles. The molecule has 11 heavy (non-hydrogen) atoms. The summed E-state index contributed by atoms with van der Waals surface area (Å²) in [5.74, 6) is 0.789. The molecule has 0 unspecified atom stereocenters. The number of aryl methyl sites for hydroxylation is 2. The van der Waals surface area contributed by atoms with Gasteiger partial charge in [-0.25, -0.2) is 9.97 Å². The number of aromatic nitrogens is 2. The molecule has 0 aliphatic heterocycles. The lowest BCUT2D eigenvalue weighted by molar-refractivity contribution is 0.760. The minimum absolute atomic E-state index is 0.00426. The summed E-state index contributed by atoms with van der Waals surface area (Å²) < 4.78 is 0. The smallest absolute Gasteiger partial charge is 0.125 e. The second-order valence-electron chi connectivity index (χ2n) is 2.77. The second-order valence-corrected chi connectivity index (χ2v) is 2.77. The summed E-state index contributed by atoms with van der Waals surface area (Å²) in [6.07, 6.45) is 0. The van der Waals surface area contributed by atoms with Gasteiger partial charge in [-0.05, 0) is 26.8 Å². The molecule has 0 aliphatic rings. The average Bonchev–Trinajstić information content (AvgIpc) is 1.85. The summed E-state index contributed by atoms with van der Waals surface area (Å²) in [5.41, 5.74) is 7.55. The molecular weight excluding hydrogens is 138 g/mol. The summed E-state index contributed by atoms with van der Waals surface area (Å²) in [6, 6.07) is 1.91. The van der Waals surface area contributed by atoms with Crippen molar-refractivity contribution in [2.45, 2.75) is 26.8 Å². The van der Waals surface area contributed by atoms with Crippen molar-refractivity contribution in [2.24, 2.45) is 5.73 Å². The number of nitrogens with zero attached hydrogens (tertiary/aromatic N) is 2. The molecule has 0 saturated heterocycles. The molecular formula is C8H13N3. The lowest BCUT2D eigenvalue weighted by Crippen LogP contribution is -2.09. The fraction of sp³-hybridized carbons (Fsp3) is 0.500. The van der Waals surface area contributed by atoms with Crippen LogP contribution < -0.4 is 5.73 Å². The zero-order valence-corrected chi connectivity index (χ0v) is 7.13. The van der Waals surface area contributed by atoms with Crippen molar-refractivity contribution in [1.29, 1.82) is 0 Å². The zero-order chi connectivity index (χ0) is 8.43. The molecule has 3 nitrogen and oxygen atoms in total. The number of nitrogens with two attached hydrogens (primary N) is 1. The van der Waals surface area contributed by atoms with E-state index in [0.717, 1.165) is 17.2 Å². The Morgan fingerprint density at radius 1 is 1.36 bits per heavy atom. The third-order valence-electron chi connectivity index (χ3n) is 1.45. The van der Waals surface area contributed by atoms with Gasteiger partial charge in [-0.2, -0.15) is 0 Å². The van der Waals surface area contributed by atoms with Gasteiger partial charge in [0.25, 0.3) is 0 Å². The highest BCUT2D eigenvalue weighted by atomic mass is 14.9. The Kier molecular flexibility index (Phi) is 2.19. The minimum Gasteiger partial charge on any atom is -0.323 e. The molecule has 1 atom stereocenters. The molecule has 3 heteroatoms. The maximum Gasteiger partial charge on any atom is 0.125 e. The lowest BCUT2D eigenvalue weighted by atomic mass is 10.2. The Morgan fingerprint density at radius 3 is 2.45 bits per heavy atom. The molecule has 1 aromatic heterocycles. The Hall–Kier alpha value is -0.960. The van der Waals surface area contributed by atoms with Crippen molar-refractivity contribution in [3.8, 4) is 0 Å². The summed E-state index contributed by atoms with van der Waals surface area (Å²) in [4.78, 5) is 8.35. The van der Waals surface area contributed by atoms with Crippen LogP contribution in [0.5, 0.6) is 0 Å². The van der Waals surface area contributed by atoms with Gasteiger partial charge in [0.05, 0.1) is 5.69 Å². The fourth-order valence-electron chi connectivity index (χ4n) is 0.979. The van der Waals surface area contributed by atoms with Crippen LogP contribution in [0.3, 0.4) is 0 Å². The SMILES string of the molecule is Cc1cc([C@H](C)N)nc(C)n1. The largest absolute Gasteiger partial charge is 0.323 e. The molecule has 0 saturated carbocycles. The normalized spacial score (nSPS) is 13.1. The van der Waals surface area contributed by atoms with E-state index in [1.807, 2.05) is 26.8 Å². The Morgan fingerprint density at radius 2 is 2.00 bits per heavy atom. The van der Waals surface area contributed by atoms with Gasteiger partial charge in [0.2, 0.25) is 0 Å². The van der Waals surface area contributed by atoms with Crippen LogP contribution in [0.15, 0.2) is 6.07 Å². The molecule has 2 N–H and O–H groups in total. The predicted molar refractivity (Wildman–Crippen MR) is 44.1 cm³/mol. The van der Waals surface area contributed by atoms with Crippen molar-refractivity contribution >= 4 is 0 Å². The van der Waals surface area contributed by atoms with Crippen molar-refractivity contribution in [1.82, 2.24) is 9.97 Å². The topological polar surface area (TPSA) is 51.8 Å². The highest BCUT2D eigenvalue weighted by molar-refractivity contribution is 5.12. The van der Waals surface area contributed by atoms with E-state index in [1.165, 1.54) is 0 Å². The average molecular weight is 151 g/mol. The summed E-state index contributed by atoms with van der Waals surface area (Å²) >= 11 is 0. The monoisotopic (exact) mass is 151 g/mol. The van der Waals surface area contributed by atoms with Gasteiger partial charge in [-0.3, -0.25) is 0 Å². The fourth-order valence-corrected chi connectivity index (χ4v) is 0.979. The highest BCUT2D eigenvalue weighted by Gasteiger charge is 2.02. The standard InChI is InChI=1S/C8H13N3/c1-5-4-8(6(2)9)11-7(3)10-5/h4,6H,9H2,1-3H3/t6-/m0/s1. The number of hydrogen-bond acceptors (Lipinski definition) is 3. The molecule has 60 valence electrons. The first-order valence-electron chi connectivity index (χ1n) is 3.67. The van der Waals surface area contributed by atoms with Crippen LogP contribution in [0.2, 0.25) is 0 Å². The molecule has 0 bridgehead atoms. The molecule has 1 aromatic rings. The third kappa shape index (κ3) is 1.98. The van der Waals surface area contributed by atoms with E-state index in [-0.39, 0.29) is 6.04 Å². The van der Waals surface area contributed by atoms with Gasteiger partial charge >= 0.3 is 0 Å². The van der Waals surface area contributed by atoms with Crippen molar-refractivity contribution in [2.75, 3.05) is 0 Å². The maximum absolute atomic E-state index is 5.66.